The monoisotopic (exact) mass is 411 g/mol. The molecule has 0 aliphatic rings. The summed E-state index contributed by atoms with van der Waals surface area (Å²) in [5.41, 5.74) is 0. The van der Waals surface area contributed by atoms with Gasteiger partial charge in [-0.15, -0.1) is 0 Å². The summed E-state index contributed by atoms with van der Waals surface area (Å²) < 4.78 is 1.94. The maximum atomic E-state index is 13.1. The van der Waals surface area contributed by atoms with Crippen LogP contribution in [0.15, 0.2) is 91.0 Å². The van der Waals surface area contributed by atoms with Gasteiger partial charge in [0.2, 0.25) is 0 Å². The van der Waals surface area contributed by atoms with Crippen LogP contribution in [-0.4, -0.2) is 17.1 Å². The Kier molecular flexibility index (Phi) is 5.93. The van der Waals surface area contributed by atoms with Crippen molar-refractivity contribution in [2.75, 3.05) is 6.54 Å². The molecule has 2 nitrogen and oxygen atoms in total. The van der Waals surface area contributed by atoms with E-state index in [-0.39, 0.29) is 11.8 Å². The van der Waals surface area contributed by atoms with E-state index in [9.17, 15) is 4.79 Å². The van der Waals surface area contributed by atoms with E-state index in [1.54, 1.807) is 6.92 Å². The van der Waals surface area contributed by atoms with Gasteiger partial charge in [0.25, 0.3) is 0 Å². The molecule has 0 saturated carbocycles. The second kappa shape index (κ2) is 8.07. The van der Waals surface area contributed by atoms with Gasteiger partial charge in [0.1, 0.15) is 0 Å². The third kappa shape index (κ3) is 3.26. The standard InChI is InChI=1S/C24H27ClNOP/c1-20(2)19-26(21(3)27)28(25,22-13-7-4-8-14-22,23-15-9-5-10-16-23)24-17-11-6-12-18-24/h4-18,20H,19H2,1-3H3. The number of rotatable bonds is 6. The molecule has 0 spiro atoms. The van der Waals surface area contributed by atoms with Crippen molar-refractivity contribution in [2.45, 2.75) is 20.8 Å². The van der Waals surface area contributed by atoms with Gasteiger partial charge >= 0.3 is 173 Å². The molecule has 1 amide bonds. The molecule has 0 aromatic heterocycles. The molecule has 0 aliphatic heterocycles. The Morgan fingerprint density at radius 1 is 0.786 bits per heavy atom. The van der Waals surface area contributed by atoms with E-state index >= 15 is 0 Å². The fourth-order valence-corrected chi connectivity index (χ4v) is 10.4. The number of carbonyl (C=O) groups is 1. The van der Waals surface area contributed by atoms with Crippen LogP contribution in [0, 0.1) is 5.92 Å². The van der Waals surface area contributed by atoms with Crippen LogP contribution in [0.4, 0.5) is 0 Å². The summed E-state index contributed by atoms with van der Waals surface area (Å²) in [5.74, 6) is 0.262. The zero-order valence-corrected chi connectivity index (χ0v) is 18.3. The molecule has 0 radical (unpaired) electrons. The van der Waals surface area contributed by atoms with Crippen LogP contribution in [0.3, 0.4) is 0 Å². The summed E-state index contributed by atoms with van der Waals surface area (Å²) in [4.78, 5) is 13.1. The van der Waals surface area contributed by atoms with Crippen LogP contribution in [0.1, 0.15) is 20.8 Å². The average Bonchev–Trinajstić information content (AvgIpc) is 2.73. The number of hydrogen-bond acceptors (Lipinski definition) is 1. The Morgan fingerprint density at radius 2 is 1.11 bits per heavy atom. The average molecular weight is 412 g/mol. The molecule has 3 aromatic rings. The van der Waals surface area contributed by atoms with Crippen LogP contribution in [0.5, 0.6) is 0 Å². The number of benzene rings is 3. The molecular formula is C24H27ClNOP. The molecule has 0 N–H and O–H groups in total. The number of carbonyl (C=O) groups excluding carboxylic acids is 1. The summed E-state index contributed by atoms with van der Waals surface area (Å²) in [7, 11) is 0. The van der Waals surface area contributed by atoms with Gasteiger partial charge in [0.15, 0.2) is 0 Å². The van der Waals surface area contributed by atoms with Crippen LogP contribution in [0.25, 0.3) is 0 Å². The Balaban J connectivity index is 2.52. The molecule has 0 aliphatic carbocycles. The van der Waals surface area contributed by atoms with E-state index in [1.807, 2.05) is 59.3 Å². The normalized spacial score (nSPS) is 13.0. The molecule has 0 saturated heterocycles. The fraction of sp³-hybridized carbons (Fsp3) is 0.208. The molecule has 28 heavy (non-hydrogen) atoms. The van der Waals surface area contributed by atoms with Crippen molar-refractivity contribution in [1.82, 2.24) is 4.67 Å². The molecule has 146 valence electrons. The predicted octanol–water partition coefficient (Wildman–Crippen LogP) is 5.09. The molecule has 0 fully saturated rings. The Hall–Kier alpha value is -2.15. The van der Waals surface area contributed by atoms with Crippen molar-refractivity contribution >= 4 is 39.2 Å². The number of nitrogens with zero attached hydrogens (tertiary/aromatic N) is 1. The summed E-state index contributed by atoms with van der Waals surface area (Å²) in [6, 6.07) is 30.3. The summed E-state index contributed by atoms with van der Waals surface area (Å²) in [6.45, 7) is 6.44. The summed E-state index contributed by atoms with van der Waals surface area (Å²) >= 11 is 8.01. The van der Waals surface area contributed by atoms with E-state index in [1.165, 1.54) is 0 Å². The van der Waals surface area contributed by atoms with E-state index in [0.717, 1.165) is 15.9 Å². The molecule has 0 heterocycles. The fourth-order valence-electron chi connectivity index (χ4n) is 3.86. The molecule has 0 unspecified atom stereocenters. The van der Waals surface area contributed by atoms with Crippen molar-refractivity contribution < 1.29 is 4.79 Å². The van der Waals surface area contributed by atoms with Crippen LogP contribution >= 0.6 is 17.3 Å². The van der Waals surface area contributed by atoms with Crippen LogP contribution in [0.2, 0.25) is 0 Å². The van der Waals surface area contributed by atoms with Gasteiger partial charge in [-0.1, -0.05) is 0 Å². The van der Waals surface area contributed by atoms with Gasteiger partial charge in [0.05, 0.1) is 0 Å². The van der Waals surface area contributed by atoms with E-state index in [2.05, 4.69) is 50.2 Å². The topological polar surface area (TPSA) is 20.3 Å². The molecule has 0 bridgehead atoms. The molecule has 3 aromatic carbocycles. The Bertz CT molecular complexity index is 829. The first-order valence-electron chi connectivity index (χ1n) is 9.58. The third-order valence-electron chi connectivity index (χ3n) is 5.04. The first-order chi connectivity index (χ1) is 13.4. The second-order valence-corrected chi connectivity index (χ2v) is 13.4. The van der Waals surface area contributed by atoms with Crippen LogP contribution < -0.4 is 15.9 Å². The molecular weight excluding hydrogens is 385 g/mol. The molecule has 4 heteroatoms. The number of halogens is 1. The van der Waals surface area contributed by atoms with Gasteiger partial charge in [-0.2, -0.15) is 0 Å². The minimum absolute atomic E-state index is 0.0158. The van der Waals surface area contributed by atoms with Gasteiger partial charge in [-0.05, 0) is 0 Å². The minimum atomic E-state index is -3.74. The van der Waals surface area contributed by atoms with E-state index in [0.29, 0.717) is 6.54 Å². The number of amides is 1. The van der Waals surface area contributed by atoms with Crippen LogP contribution in [-0.2, 0) is 4.79 Å². The summed E-state index contributed by atoms with van der Waals surface area (Å²) in [5, 5.41) is 2.93. The van der Waals surface area contributed by atoms with Crippen molar-refractivity contribution in [1.29, 1.82) is 0 Å². The van der Waals surface area contributed by atoms with Crippen molar-refractivity contribution in [3.63, 3.8) is 0 Å². The van der Waals surface area contributed by atoms with Gasteiger partial charge in [-0.3, -0.25) is 0 Å². The molecule has 3 rings (SSSR count). The Labute approximate surface area is 172 Å². The molecule has 0 atom stereocenters. The third-order valence-corrected chi connectivity index (χ3v) is 12.4. The van der Waals surface area contributed by atoms with Gasteiger partial charge in [0, 0.05) is 0 Å². The SMILES string of the molecule is CC(=O)N(CC(C)C)P(Cl)(c1ccccc1)(c1ccccc1)c1ccccc1. The Morgan fingerprint density at radius 3 is 1.36 bits per heavy atom. The van der Waals surface area contributed by atoms with Crippen molar-refractivity contribution in [3.8, 4) is 0 Å². The first kappa shape index (κ1) is 20.6. The summed E-state index contributed by atoms with van der Waals surface area (Å²) in [6.07, 6.45) is -3.74. The quantitative estimate of drug-likeness (QED) is 0.517. The zero-order chi connectivity index (χ0) is 20.2. The van der Waals surface area contributed by atoms with E-state index in [4.69, 9.17) is 11.2 Å². The van der Waals surface area contributed by atoms with Gasteiger partial charge in [-0.25, -0.2) is 0 Å². The predicted molar refractivity (Wildman–Crippen MR) is 123 cm³/mol. The maximum absolute atomic E-state index is 13.1. The second-order valence-electron chi connectivity index (χ2n) is 7.47. The number of hydrogen-bond donors (Lipinski definition) is 0. The van der Waals surface area contributed by atoms with Crippen molar-refractivity contribution in [2.24, 2.45) is 5.92 Å². The first-order valence-corrected chi connectivity index (χ1v) is 12.7. The van der Waals surface area contributed by atoms with Gasteiger partial charge < -0.3 is 0 Å². The van der Waals surface area contributed by atoms with E-state index < -0.39 is 6.11 Å². The zero-order valence-electron chi connectivity index (χ0n) is 16.6. The van der Waals surface area contributed by atoms with Crippen molar-refractivity contribution in [3.05, 3.63) is 91.0 Å².